The number of benzene rings is 2. The molecule has 0 saturated carbocycles. The summed E-state index contributed by atoms with van der Waals surface area (Å²) in [6, 6.07) is 8.82. The highest BCUT2D eigenvalue weighted by Gasteiger charge is 2.22. The number of hydrogen-bond acceptors (Lipinski definition) is 6. The SMILES string of the molecule is Cl.NS(=O)(=O)c1ccc(OCC2NCCc3cc(O)c(O)cc32)cc1. The van der Waals surface area contributed by atoms with E-state index in [1.54, 1.807) is 6.07 Å². The Morgan fingerprint density at radius 2 is 1.80 bits per heavy atom. The number of hydrogen-bond donors (Lipinski definition) is 4. The van der Waals surface area contributed by atoms with Gasteiger partial charge in [0.25, 0.3) is 0 Å². The molecule has 1 heterocycles. The fourth-order valence-corrected chi connectivity index (χ4v) is 3.24. The molecule has 0 spiro atoms. The summed E-state index contributed by atoms with van der Waals surface area (Å²) in [6.45, 7) is 1.03. The largest absolute Gasteiger partial charge is 0.504 e. The minimum atomic E-state index is -3.72. The highest BCUT2D eigenvalue weighted by molar-refractivity contribution is 7.89. The summed E-state index contributed by atoms with van der Waals surface area (Å²) >= 11 is 0. The van der Waals surface area contributed by atoms with E-state index >= 15 is 0 Å². The lowest BCUT2D eigenvalue weighted by Gasteiger charge is -2.27. The van der Waals surface area contributed by atoms with E-state index < -0.39 is 10.0 Å². The maximum absolute atomic E-state index is 11.2. The molecule has 0 aliphatic carbocycles. The summed E-state index contributed by atoms with van der Waals surface area (Å²) in [5.41, 5.74) is 1.83. The van der Waals surface area contributed by atoms with Gasteiger partial charge >= 0.3 is 0 Å². The maximum atomic E-state index is 11.2. The standard InChI is InChI=1S/C16H18N2O5S.ClH/c17-24(21,22)12-3-1-11(2-4-12)23-9-14-13-8-16(20)15(19)7-10(13)5-6-18-14;/h1-4,7-8,14,18-20H,5-6,9H2,(H2,17,21,22);1H. The monoisotopic (exact) mass is 386 g/mol. The van der Waals surface area contributed by atoms with E-state index in [0.717, 1.165) is 24.1 Å². The number of rotatable bonds is 4. The third-order valence-electron chi connectivity index (χ3n) is 3.97. The predicted molar refractivity (Wildman–Crippen MR) is 94.8 cm³/mol. The van der Waals surface area contributed by atoms with E-state index in [2.05, 4.69) is 5.32 Å². The highest BCUT2D eigenvalue weighted by atomic mass is 35.5. The minimum Gasteiger partial charge on any atom is -0.504 e. The molecule has 0 saturated heterocycles. The van der Waals surface area contributed by atoms with Crippen LogP contribution in [0.5, 0.6) is 17.2 Å². The van der Waals surface area contributed by atoms with Crippen LogP contribution in [0.4, 0.5) is 0 Å². The van der Waals surface area contributed by atoms with Crippen LogP contribution >= 0.6 is 12.4 Å². The molecule has 7 nitrogen and oxygen atoms in total. The smallest absolute Gasteiger partial charge is 0.238 e. The van der Waals surface area contributed by atoms with Crippen LogP contribution in [0.3, 0.4) is 0 Å². The zero-order valence-corrected chi connectivity index (χ0v) is 14.8. The fourth-order valence-electron chi connectivity index (χ4n) is 2.72. The van der Waals surface area contributed by atoms with Crippen molar-refractivity contribution in [3.63, 3.8) is 0 Å². The van der Waals surface area contributed by atoms with Gasteiger partial charge in [-0.2, -0.15) is 0 Å². The van der Waals surface area contributed by atoms with Crippen molar-refractivity contribution in [1.82, 2.24) is 5.32 Å². The number of nitrogens with one attached hydrogen (secondary N) is 1. The van der Waals surface area contributed by atoms with Crippen LogP contribution in [-0.4, -0.2) is 31.8 Å². The number of aromatic hydroxyl groups is 2. The van der Waals surface area contributed by atoms with Crippen molar-refractivity contribution in [3.05, 3.63) is 47.5 Å². The van der Waals surface area contributed by atoms with Crippen LogP contribution in [0.1, 0.15) is 17.2 Å². The van der Waals surface area contributed by atoms with Crippen molar-refractivity contribution in [3.8, 4) is 17.2 Å². The lowest BCUT2D eigenvalue weighted by molar-refractivity contribution is 0.260. The number of halogens is 1. The van der Waals surface area contributed by atoms with E-state index in [4.69, 9.17) is 9.88 Å². The molecular weight excluding hydrogens is 368 g/mol. The van der Waals surface area contributed by atoms with Gasteiger partial charge in [-0.3, -0.25) is 0 Å². The number of nitrogens with two attached hydrogens (primary N) is 1. The van der Waals surface area contributed by atoms with E-state index in [-0.39, 0.29) is 34.8 Å². The van der Waals surface area contributed by atoms with Crippen molar-refractivity contribution >= 4 is 22.4 Å². The average Bonchev–Trinajstić information content (AvgIpc) is 2.54. The Kier molecular flexibility index (Phi) is 5.79. The van der Waals surface area contributed by atoms with Gasteiger partial charge in [-0.1, -0.05) is 0 Å². The third-order valence-corrected chi connectivity index (χ3v) is 4.90. The maximum Gasteiger partial charge on any atom is 0.238 e. The second-order valence-electron chi connectivity index (χ2n) is 5.62. The van der Waals surface area contributed by atoms with Crippen LogP contribution in [0, 0.1) is 0 Å². The molecule has 1 atom stereocenters. The molecule has 1 unspecified atom stereocenters. The number of ether oxygens (including phenoxy) is 1. The Labute approximate surface area is 151 Å². The lowest BCUT2D eigenvalue weighted by atomic mass is 9.94. The topological polar surface area (TPSA) is 122 Å². The Hall–Kier alpha value is -2.00. The molecule has 1 aliphatic rings. The molecule has 1 aliphatic heterocycles. The van der Waals surface area contributed by atoms with Crippen LogP contribution < -0.4 is 15.2 Å². The number of phenols is 2. The van der Waals surface area contributed by atoms with E-state index in [9.17, 15) is 18.6 Å². The van der Waals surface area contributed by atoms with Gasteiger partial charge in [-0.05, 0) is 60.5 Å². The normalized spacial score (nSPS) is 16.6. The number of sulfonamides is 1. The molecule has 0 amide bonds. The van der Waals surface area contributed by atoms with Gasteiger partial charge in [0.1, 0.15) is 12.4 Å². The molecule has 0 radical (unpaired) electrons. The first-order valence-corrected chi connectivity index (χ1v) is 8.93. The predicted octanol–water partition coefficient (Wildman–Crippen LogP) is 1.43. The van der Waals surface area contributed by atoms with Crippen molar-refractivity contribution < 1.29 is 23.4 Å². The average molecular weight is 387 g/mol. The molecule has 0 fully saturated rings. The van der Waals surface area contributed by atoms with Crippen molar-refractivity contribution in [2.24, 2.45) is 5.14 Å². The van der Waals surface area contributed by atoms with Crippen LogP contribution in [0.2, 0.25) is 0 Å². The fraction of sp³-hybridized carbons (Fsp3) is 0.250. The quantitative estimate of drug-likeness (QED) is 0.590. The van der Waals surface area contributed by atoms with Crippen molar-refractivity contribution in [1.29, 1.82) is 0 Å². The molecule has 9 heteroatoms. The number of fused-ring (bicyclic) bond motifs is 1. The van der Waals surface area contributed by atoms with E-state index in [1.807, 2.05) is 0 Å². The minimum absolute atomic E-state index is 0. The summed E-state index contributed by atoms with van der Waals surface area (Å²) in [7, 11) is -3.72. The molecule has 136 valence electrons. The van der Waals surface area contributed by atoms with Crippen LogP contribution in [0.15, 0.2) is 41.3 Å². The summed E-state index contributed by atoms with van der Waals surface area (Å²) < 4.78 is 28.2. The second-order valence-corrected chi connectivity index (χ2v) is 7.19. The zero-order chi connectivity index (χ0) is 17.3. The number of primary sulfonamides is 1. The van der Waals surface area contributed by atoms with Gasteiger partial charge in [-0.25, -0.2) is 13.6 Å². The summed E-state index contributed by atoms with van der Waals surface area (Å²) in [5, 5.41) is 27.6. The summed E-state index contributed by atoms with van der Waals surface area (Å²) in [6.07, 6.45) is 0.753. The second kappa shape index (κ2) is 7.49. The molecular formula is C16H19ClN2O5S. The first kappa shape index (κ1) is 19.3. The Bertz CT molecular complexity index is 856. The molecule has 5 N–H and O–H groups in total. The van der Waals surface area contributed by atoms with Gasteiger partial charge in [-0.15, -0.1) is 12.4 Å². The first-order chi connectivity index (χ1) is 11.3. The molecule has 25 heavy (non-hydrogen) atoms. The molecule has 0 bridgehead atoms. The summed E-state index contributed by atoms with van der Waals surface area (Å²) in [5.74, 6) is 0.216. The van der Waals surface area contributed by atoms with Gasteiger partial charge in [0.05, 0.1) is 10.9 Å². The van der Waals surface area contributed by atoms with Crippen LogP contribution in [-0.2, 0) is 16.4 Å². The Balaban J connectivity index is 0.00000225. The third kappa shape index (κ3) is 4.35. The highest BCUT2D eigenvalue weighted by Crippen LogP contribution is 2.33. The van der Waals surface area contributed by atoms with Gasteiger partial charge < -0.3 is 20.3 Å². The molecule has 2 aromatic rings. The number of phenolic OH excluding ortho intramolecular Hbond substituents is 2. The van der Waals surface area contributed by atoms with E-state index in [0.29, 0.717) is 12.4 Å². The Morgan fingerprint density at radius 1 is 1.16 bits per heavy atom. The first-order valence-electron chi connectivity index (χ1n) is 7.38. The van der Waals surface area contributed by atoms with Gasteiger partial charge in [0.2, 0.25) is 10.0 Å². The lowest BCUT2D eigenvalue weighted by Crippen LogP contribution is -2.33. The molecule has 2 aromatic carbocycles. The van der Waals surface area contributed by atoms with Gasteiger partial charge in [0.15, 0.2) is 11.5 Å². The van der Waals surface area contributed by atoms with E-state index in [1.165, 1.54) is 30.3 Å². The summed E-state index contributed by atoms with van der Waals surface area (Å²) in [4.78, 5) is 0.0244. The molecule has 0 aromatic heterocycles. The van der Waals surface area contributed by atoms with Crippen LogP contribution in [0.25, 0.3) is 0 Å². The Morgan fingerprint density at radius 3 is 2.44 bits per heavy atom. The van der Waals surface area contributed by atoms with Crippen molar-refractivity contribution in [2.75, 3.05) is 13.2 Å². The van der Waals surface area contributed by atoms with Crippen molar-refractivity contribution in [2.45, 2.75) is 17.4 Å². The van der Waals surface area contributed by atoms with Gasteiger partial charge in [0, 0.05) is 0 Å². The molecule has 3 rings (SSSR count). The zero-order valence-electron chi connectivity index (χ0n) is 13.2.